The molecular weight excluding hydrogens is 238 g/mol. The molecule has 0 amide bonds. The summed E-state index contributed by atoms with van der Waals surface area (Å²) in [6.07, 6.45) is 1.73. The number of likely N-dealkylation sites (N-methyl/N-ethyl adjacent to an activating group) is 1. The van der Waals surface area contributed by atoms with Crippen molar-refractivity contribution in [3.05, 3.63) is 29.8 Å². The van der Waals surface area contributed by atoms with Crippen LogP contribution >= 0.6 is 0 Å². The summed E-state index contributed by atoms with van der Waals surface area (Å²) < 4.78 is 5.37. The van der Waals surface area contributed by atoms with Gasteiger partial charge < -0.3 is 10.5 Å². The quantitative estimate of drug-likeness (QED) is 0.586. The first kappa shape index (κ1) is 15.5. The van der Waals surface area contributed by atoms with Crippen LogP contribution in [0.25, 0.3) is 0 Å². The maximum atomic E-state index is 7.64. The molecule has 0 saturated carbocycles. The molecule has 0 saturated heterocycles. The van der Waals surface area contributed by atoms with Gasteiger partial charge in [-0.15, -0.1) is 0 Å². The van der Waals surface area contributed by atoms with Crippen LogP contribution in [0.2, 0.25) is 0 Å². The smallest absolute Gasteiger partial charge is 0.122 e. The molecule has 1 aromatic rings. The van der Waals surface area contributed by atoms with Gasteiger partial charge in [0.2, 0.25) is 0 Å². The summed E-state index contributed by atoms with van der Waals surface area (Å²) in [6.45, 7) is 4.20. The molecular formula is C15H25N3O. The first-order valence-electron chi connectivity index (χ1n) is 6.69. The van der Waals surface area contributed by atoms with E-state index < -0.39 is 0 Å². The number of amidine groups is 1. The van der Waals surface area contributed by atoms with Gasteiger partial charge in [-0.25, -0.2) is 0 Å². The van der Waals surface area contributed by atoms with E-state index in [0.717, 1.165) is 18.6 Å². The second-order valence-corrected chi connectivity index (χ2v) is 4.91. The lowest BCUT2D eigenvalue weighted by Crippen LogP contribution is -2.46. The number of nitrogens with one attached hydrogen (secondary N) is 1. The molecule has 0 spiro atoms. The van der Waals surface area contributed by atoms with Crippen molar-refractivity contribution in [1.82, 2.24) is 4.90 Å². The largest absolute Gasteiger partial charge is 0.496 e. The fourth-order valence-electron chi connectivity index (χ4n) is 2.37. The van der Waals surface area contributed by atoms with E-state index in [-0.39, 0.29) is 11.9 Å². The highest BCUT2D eigenvalue weighted by Crippen LogP contribution is 2.21. The highest BCUT2D eigenvalue weighted by atomic mass is 16.5. The van der Waals surface area contributed by atoms with Crippen molar-refractivity contribution < 1.29 is 4.74 Å². The molecule has 4 heteroatoms. The summed E-state index contributed by atoms with van der Waals surface area (Å²) in [6, 6.07) is 8.35. The zero-order valence-electron chi connectivity index (χ0n) is 12.3. The Bertz CT molecular complexity index is 420. The van der Waals surface area contributed by atoms with Gasteiger partial charge in [-0.3, -0.25) is 10.3 Å². The van der Waals surface area contributed by atoms with Gasteiger partial charge in [0, 0.05) is 6.04 Å². The Kier molecular flexibility index (Phi) is 5.83. The molecule has 4 nitrogen and oxygen atoms in total. The molecule has 2 unspecified atom stereocenters. The van der Waals surface area contributed by atoms with Crippen molar-refractivity contribution in [2.45, 2.75) is 38.8 Å². The van der Waals surface area contributed by atoms with Gasteiger partial charge in [0.15, 0.2) is 0 Å². The Morgan fingerprint density at radius 3 is 2.58 bits per heavy atom. The topological polar surface area (TPSA) is 62.3 Å². The van der Waals surface area contributed by atoms with E-state index in [1.165, 1.54) is 5.56 Å². The molecule has 0 fully saturated rings. The highest BCUT2D eigenvalue weighted by Gasteiger charge is 2.21. The maximum absolute atomic E-state index is 7.64. The normalized spacial score (nSPS) is 14.2. The lowest BCUT2D eigenvalue weighted by Gasteiger charge is -2.32. The molecule has 0 heterocycles. The first-order valence-corrected chi connectivity index (χ1v) is 6.69. The van der Waals surface area contributed by atoms with Crippen LogP contribution in [-0.4, -0.2) is 37.0 Å². The average Bonchev–Trinajstić information content (AvgIpc) is 2.39. The molecule has 0 aliphatic heterocycles. The standard InChI is InChI=1S/C15H25N3O/c1-5-13(15(16)17)18(3)11(2)10-12-8-6-7-9-14(12)19-4/h6-9,11,13H,5,10H2,1-4H3,(H3,16,17). The van der Waals surface area contributed by atoms with Gasteiger partial charge in [0.1, 0.15) is 11.6 Å². The molecule has 0 radical (unpaired) electrons. The molecule has 0 aliphatic rings. The Morgan fingerprint density at radius 1 is 1.42 bits per heavy atom. The summed E-state index contributed by atoms with van der Waals surface area (Å²) in [5.74, 6) is 1.15. The van der Waals surface area contributed by atoms with Crippen LogP contribution in [0.4, 0.5) is 0 Å². The molecule has 19 heavy (non-hydrogen) atoms. The lowest BCUT2D eigenvalue weighted by atomic mass is 10.0. The minimum Gasteiger partial charge on any atom is -0.496 e. The number of hydrogen-bond donors (Lipinski definition) is 2. The third kappa shape index (κ3) is 3.96. The predicted molar refractivity (Wildman–Crippen MR) is 79.9 cm³/mol. The van der Waals surface area contributed by atoms with Gasteiger partial charge in [0.05, 0.1) is 13.2 Å². The van der Waals surface area contributed by atoms with E-state index in [1.807, 2.05) is 25.2 Å². The Morgan fingerprint density at radius 2 is 2.05 bits per heavy atom. The van der Waals surface area contributed by atoms with Crippen LogP contribution in [-0.2, 0) is 6.42 Å². The highest BCUT2D eigenvalue weighted by molar-refractivity contribution is 5.82. The van der Waals surface area contributed by atoms with E-state index in [9.17, 15) is 0 Å². The average molecular weight is 263 g/mol. The molecule has 0 bridgehead atoms. The van der Waals surface area contributed by atoms with Crippen LogP contribution in [0.5, 0.6) is 5.75 Å². The maximum Gasteiger partial charge on any atom is 0.122 e. The third-order valence-corrected chi connectivity index (χ3v) is 3.64. The second kappa shape index (κ2) is 7.14. The second-order valence-electron chi connectivity index (χ2n) is 4.91. The third-order valence-electron chi connectivity index (χ3n) is 3.64. The number of nitrogens with zero attached hydrogens (tertiary/aromatic N) is 1. The number of ether oxygens (including phenoxy) is 1. The zero-order chi connectivity index (χ0) is 14.4. The monoisotopic (exact) mass is 263 g/mol. The van der Waals surface area contributed by atoms with Crippen LogP contribution in [0.3, 0.4) is 0 Å². The first-order chi connectivity index (χ1) is 9.01. The van der Waals surface area contributed by atoms with E-state index >= 15 is 0 Å². The zero-order valence-corrected chi connectivity index (χ0v) is 12.3. The van der Waals surface area contributed by atoms with Crippen molar-refractivity contribution >= 4 is 5.84 Å². The van der Waals surface area contributed by atoms with Crippen molar-refractivity contribution in [2.75, 3.05) is 14.2 Å². The number of methoxy groups -OCH3 is 1. The number of rotatable bonds is 7. The van der Waals surface area contributed by atoms with Crippen LogP contribution in [0.1, 0.15) is 25.8 Å². The van der Waals surface area contributed by atoms with E-state index in [1.54, 1.807) is 7.11 Å². The summed E-state index contributed by atoms with van der Waals surface area (Å²) in [5, 5.41) is 7.64. The Labute approximate surface area is 116 Å². The van der Waals surface area contributed by atoms with Gasteiger partial charge in [-0.05, 0) is 38.4 Å². The number of hydrogen-bond acceptors (Lipinski definition) is 3. The Balaban J connectivity index is 2.78. The minimum atomic E-state index is 0.00436. The number of nitrogens with two attached hydrogens (primary N) is 1. The fourth-order valence-corrected chi connectivity index (χ4v) is 2.37. The summed E-state index contributed by atoms with van der Waals surface area (Å²) >= 11 is 0. The minimum absolute atomic E-state index is 0.00436. The lowest BCUT2D eigenvalue weighted by molar-refractivity contribution is 0.219. The van der Waals surface area contributed by atoms with Gasteiger partial charge >= 0.3 is 0 Å². The molecule has 3 N–H and O–H groups in total. The fraction of sp³-hybridized carbons (Fsp3) is 0.533. The van der Waals surface area contributed by atoms with E-state index in [4.69, 9.17) is 15.9 Å². The SMILES string of the molecule is CCC(C(=N)N)N(C)C(C)Cc1ccccc1OC. The van der Waals surface area contributed by atoms with Gasteiger partial charge in [-0.1, -0.05) is 25.1 Å². The number of benzene rings is 1. The van der Waals surface area contributed by atoms with Crippen LogP contribution in [0, 0.1) is 5.41 Å². The van der Waals surface area contributed by atoms with E-state index in [0.29, 0.717) is 6.04 Å². The molecule has 1 rings (SSSR count). The van der Waals surface area contributed by atoms with Crippen molar-refractivity contribution in [3.63, 3.8) is 0 Å². The predicted octanol–water partition coefficient (Wildman–Crippen LogP) is 2.27. The van der Waals surface area contributed by atoms with Crippen LogP contribution < -0.4 is 10.5 Å². The molecule has 106 valence electrons. The molecule has 2 atom stereocenters. The van der Waals surface area contributed by atoms with Crippen molar-refractivity contribution in [1.29, 1.82) is 5.41 Å². The molecule has 1 aromatic carbocycles. The van der Waals surface area contributed by atoms with Gasteiger partial charge in [-0.2, -0.15) is 0 Å². The van der Waals surface area contributed by atoms with Crippen LogP contribution in [0.15, 0.2) is 24.3 Å². The summed E-state index contributed by atoms with van der Waals surface area (Å²) in [5.41, 5.74) is 6.84. The molecule has 0 aliphatic carbocycles. The van der Waals surface area contributed by atoms with Gasteiger partial charge in [0.25, 0.3) is 0 Å². The summed E-state index contributed by atoms with van der Waals surface area (Å²) in [7, 11) is 3.72. The van der Waals surface area contributed by atoms with E-state index in [2.05, 4.69) is 24.8 Å². The van der Waals surface area contributed by atoms with Crippen molar-refractivity contribution in [3.8, 4) is 5.75 Å². The molecule has 0 aromatic heterocycles. The summed E-state index contributed by atoms with van der Waals surface area (Å²) in [4.78, 5) is 2.16. The Hall–Kier alpha value is -1.55. The number of para-hydroxylation sites is 1. The van der Waals surface area contributed by atoms with Crippen molar-refractivity contribution in [2.24, 2.45) is 5.73 Å².